The number of nitrogens with one attached hydrogen (secondary N) is 1. The lowest BCUT2D eigenvalue weighted by atomic mass is 10.1. The SMILES string of the molecule is Clc1ccc(-n2nc(-c3ccc(Cl)cc3Cl)c3c2NCC3)cc1. The maximum Gasteiger partial charge on any atom is 0.133 e. The fourth-order valence-corrected chi connectivity index (χ4v) is 3.47. The van der Waals surface area contributed by atoms with Crippen LogP contribution in [0.15, 0.2) is 42.5 Å². The summed E-state index contributed by atoms with van der Waals surface area (Å²) in [5.74, 6) is 1.01. The van der Waals surface area contributed by atoms with Crippen molar-refractivity contribution < 1.29 is 0 Å². The van der Waals surface area contributed by atoms with Gasteiger partial charge in [-0.15, -0.1) is 0 Å². The summed E-state index contributed by atoms with van der Waals surface area (Å²) in [5, 5.41) is 10.1. The number of hydrogen-bond donors (Lipinski definition) is 1. The molecule has 2 heterocycles. The van der Waals surface area contributed by atoms with Crippen LogP contribution in [0.3, 0.4) is 0 Å². The van der Waals surface area contributed by atoms with Crippen molar-refractivity contribution in [2.75, 3.05) is 11.9 Å². The molecule has 116 valence electrons. The van der Waals surface area contributed by atoms with Crippen molar-refractivity contribution in [2.45, 2.75) is 6.42 Å². The molecule has 0 radical (unpaired) electrons. The van der Waals surface area contributed by atoms with E-state index < -0.39 is 0 Å². The summed E-state index contributed by atoms with van der Waals surface area (Å²) in [4.78, 5) is 0. The first-order valence-corrected chi connectivity index (χ1v) is 8.34. The van der Waals surface area contributed by atoms with Gasteiger partial charge in [0.25, 0.3) is 0 Å². The second-order valence-electron chi connectivity index (χ2n) is 5.36. The van der Waals surface area contributed by atoms with E-state index in [-0.39, 0.29) is 0 Å². The topological polar surface area (TPSA) is 29.9 Å². The molecule has 3 aromatic rings. The van der Waals surface area contributed by atoms with Crippen molar-refractivity contribution in [3.63, 3.8) is 0 Å². The minimum absolute atomic E-state index is 0.605. The summed E-state index contributed by atoms with van der Waals surface area (Å²) in [6.07, 6.45) is 0.914. The molecule has 0 unspecified atom stereocenters. The normalized spacial score (nSPS) is 13.0. The van der Waals surface area contributed by atoms with Gasteiger partial charge < -0.3 is 5.32 Å². The Kier molecular flexibility index (Phi) is 3.72. The van der Waals surface area contributed by atoms with Gasteiger partial charge in [-0.25, -0.2) is 4.68 Å². The Morgan fingerprint density at radius 2 is 1.70 bits per heavy atom. The molecule has 1 N–H and O–H groups in total. The third-order valence-corrected chi connectivity index (χ3v) is 4.71. The highest BCUT2D eigenvalue weighted by Crippen LogP contribution is 2.38. The van der Waals surface area contributed by atoms with Crippen LogP contribution in [0.5, 0.6) is 0 Å². The number of halogens is 3. The largest absolute Gasteiger partial charge is 0.369 e. The van der Waals surface area contributed by atoms with Crippen LogP contribution in [0.4, 0.5) is 5.82 Å². The number of nitrogens with zero attached hydrogens (tertiary/aromatic N) is 2. The summed E-state index contributed by atoms with van der Waals surface area (Å²) in [6, 6.07) is 13.1. The quantitative estimate of drug-likeness (QED) is 0.653. The van der Waals surface area contributed by atoms with E-state index in [0.29, 0.717) is 15.1 Å². The van der Waals surface area contributed by atoms with Crippen molar-refractivity contribution in [1.29, 1.82) is 0 Å². The first-order chi connectivity index (χ1) is 11.1. The van der Waals surface area contributed by atoms with Gasteiger partial charge in [0.1, 0.15) is 5.82 Å². The summed E-state index contributed by atoms with van der Waals surface area (Å²) >= 11 is 18.4. The predicted molar refractivity (Wildman–Crippen MR) is 96.2 cm³/mol. The molecule has 4 rings (SSSR count). The van der Waals surface area contributed by atoms with E-state index in [2.05, 4.69) is 5.32 Å². The van der Waals surface area contributed by atoms with Gasteiger partial charge in [-0.1, -0.05) is 34.8 Å². The lowest BCUT2D eigenvalue weighted by molar-refractivity contribution is 0.882. The Hall–Kier alpha value is -1.68. The molecule has 0 saturated heterocycles. The summed E-state index contributed by atoms with van der Waals surface area (Å²) in [6.45, 7) is 0.888. The van der Waals surface area contributed by atoms with E-state index in [1.165, 1.54) is 5.56 Å². The van der Waals surface area contributed by atoms with Crippen molar-refractivity contribution in [2.24, 2.45) is 0 Å². The second-order valence-corrected chi connectivity index (χ2v) is 6.65. The Morgan fingerprint density at radius 3 is 2.43 bits per heavy atom. The first-order valence-electron chi connectivity index (χ1n) is 7.20. The highest BCUT2D eigenvalue weighted by molar-refractivity contribution is 6.36. The molecular weight excluding hydrogens is 353 g/mol. The monoisotopic (exact) mass is 363 g/mol. The van der Waals surface area contributed by atoms with Crippen molar-refractivity contribution in [1.82, 2.24) is 9.78 Å². The first kappa shape index (κ1) is 14.9. The van der Waals surface area contributed by atoms with Crippen LogP contribution in [0.25, 0.3) is 16.9 Å². The second kappa shape index (κ2) is 5.75. The zero-order valence-electron chi connectivity index (χ0n) is 12.0. The third-order valence-electron chi connectivity index (χ3n) is 3.91. The molecule has 0 atom stereocenters. The molecule has 2 aromatic carbocycles. The summed E-state index contributed by atoms with van der Waals surface area (Å²) in [5.41, 5.74) is 3.91. The zero-order chi connectivity index (χ0) is 16.0. The Labute approximate surface area is 148 Å². The fraction of sp³-hybridized carbons (Fsp3) is 0.118. The lowest BCUT2D eigenvalue weighted by Gasteiger charge is -2.06. The minimum Gasteiger partial charge on any atom is -0.369 e. The van der Waals surface area contributed by atoms with E-state index in [1.54, 1.807) is 6.07 Å². The maximum atomic E-state index is 6.37. The Morgan fingerprint density at radius 1 is 0.957 bits per heavy atom. The maximum absolute atomic E-state index is 6.37. The molecule has 0 aliphatic carbocycles. The van der Waals surface area contributed by atoms with Gasteiger partial charge in [-0.3, -0.25) is 0 Å². The van der Waals surface area contributed by atoms with Gasteiger partial charge >= 0.3 is 0 Å². The van der Waals surface area contributed by atoms with Gasteiger partial charge in [-0.05, 0) is 48.9 Å². The molecule has 0 amide bonds. The number of aromatic nitrogens is 2. The Bertz CT molecular complexity index is 885. The van der Waals surface area contributed by atoms with Crippen LogP contribution in [0, 0.1) is 0 Å². The van der Waals surface area contributed by atoms with Crippen molar-refractivity contribution in [3.8, 4) is 16.9 Å². The van der Waals surface area contributed by atoms with Crippen LogP contribution in [0.1, 0.15) is 5.56 Å². The van der Waals surface area contributed by atoms with Gasteiger partial charge in [0.05, 0.1) is 16.4 Å². The van der Waals surface area contributed by atoms with Gasteiger partial charge in [0, 0.05) is 27.7 Å². The van der Waals surface area contributed by atoms with Crippen LogP contribution in [-0.4, -0.2) is 16.3 Å². The molecular formula is C17H12Cl3N3. The summed E-state index contributed by atoms with van der Waals surface area (Å²) in [7, 11) is 0. The zero-order valence-corrected chi connectivity index (χ0v) is 14.3. The molecule has 0 saturated carbocycles. The standard InChI is InChI=1S/C17H12Cl3N3/c18-10-1-4-12(5-2-10)23-17-14(7-8-21-17)16(22-23)13-6-3-11(19)9-15(13)20/h1-6,9,21H,7-8H2. The lowest BCUT2D eigenvalue weighted by Crippen LogP contribution is -2.04. The van der Waals surface area contributed by atoms with Crippen LogP contribution in [-0.2, 0) is 6.42 Å². The molecule has 0 spiro atoms. The average Bonchev–Trinajstić information content (AvgIpc) is 3.11. The molecule has 1 aliphatic heterocycles. The molecule has 0 fully saturated rings. The van der Waals surface area contributed by atoms with Gasteiger partial charge in [0.2, 0.25) is 0 Å². The summed E-state index contributed by atoms with van der Waals surface area (Å²) < 4.78 is 1.90. The third kappa shape index (κ3) is 2.59. The predicted octanol–water partition coefficient (Wildman–Crippen LogP) is 5.47. The highest BCUT2D eigenvalue weighted by atomic mass is 35.5. The van der Waals surface area contributed by atoms with Gasteiger partial charge in [-0.2, -0.15) is 5.10 Å². The number of benzene rings is 2. The Balaban J connectivity index is 1.89. The molecule has 1 aromatic heterocycles. The van der Waals surface area contributed by atoms with Crippen LogP contribution >= 0.6 is 34.8 Å². The molecule has 3 nitrogen and oxygen atoms in total. The van der Waals surface area contributed by atoms with E-state index in [4.69, 9.17) is 39.9 Å². The van der Waals surface area contributed by atoms with E-state index in [1.807, 2.05) is 41.1 Å². The fourth-order valence-electron chi connectivity index (χ4n) is 2.84. The number of anilines is 1. The molecule has 6 heteroatoms. The van der Waals surface area contributed by atoms with Gasteiger partial charge in [0.15, 0.2) is 0 Å². The number of rotatable bonds is 2. The minimum atomic E-state index is 0.605. The molecule has 23 heavy (non-hydrogen) atoms. The van der Waals surface area contributed by atoms with Crippen molar-refractivity contribution in [3.05, 3.63) is 63.1 Å². The van der Waals surface area contributed by atoms with E-state index in [9.17, 15) is 0 Å². The van der Waals surface area contributed by atoms with E-state index in [0.717, 1.165) is 35.7 Å². The van der Waals surface area contributed by atoms with Crippen LogP contribution < -0.4 is 5.32 Å². The van der Waals surface area contributed by atoms with Crippen molar-refractivity contribution >= 4 is 40.6 Å². The average molecular weight is 365 g/mol. The number of hydrogen-bond acceptors (Lipinski definition) is 2. The smallest absolute Gasteiger partial charge is 0.133 e. The molecule has 0 bridgehead atoms. The van der Waals surface area contributed by atoms with E-state index >= 15 is 0 Å². The molecule has 1 aliphatic rings. The van der Waals surface area contributed by atoms with Crippen LogP contribution in [0.2, 0.25) is 15.1 Å². The number of fused-ring (bicyclic) bond motifs is 1. The highest BCUT2D eigenvalue weighted by Gasteiger charge is 2.25.